The summed E-state index contributed by atoms with van der Waals surface area (Å²) in [5.74, 6) is 0. The zero-order chi connectivity index (χ0) is 14.6. The highest BCUT2D eigenvalue weighted by atomic mass is 16.3. The first kappa shape index (κ1) is 14.8. The van der Waals surface area contributed by atoms with Crippen LogP contribution < -0.4 is 0 Å². The third-order valence-corrected chi connectivity index (χ3v) is 3.11. The first-order chi connectivity index (χ1) is 9.48. The molecule has 0 amide bonds. The normalized spacial score (nSPS) is 12.1. The van der Waals surface area contributed by atoms with Gasteiger partial charge in [0.25, 0.3) is 0 Å². The summed E-state index contributed by atoms with van der Waals surface area (Å²) >= 11 is 0. The van der Waals surface area contributed by atoms with Crippen LogP contribution in [-0.4, -0.2) is 38.5 Å². The van der Waals surface area contributed by atoms with Gasteiger partial charge in [-0.15, -0.1) is 0 Å². The van der Waals surface area contributed by atoms with Gasteiger partial charge in [0.1, 0.15) is 0 Å². The Labute approximate surface area is 120 Å². The van der Waals surface area contributed by atoms with Crippen LogP contribution in [0.3, 0.4) is 0 Å². The first-order valence-corrected chi connectivity index (χ1v) is 7.02. The third kappa shape index (κ3) is 4.18. The summed E-state index contributed by atoms with van der Waals surface area (Å²) in [4.78, 5) is 2.19. The molecule has 1 N–H and O–H groups in total. The van der Waals surface area contributed by atoms with Gasteiger partial charge in [-0.2, -0.15) is 5.10 Å². The quantitative estimate of drug-likeness (QED) is 0.879. The molecule has 2 aromatic rings. The summed E-state index contributed by atoms with van der Waals surface area (Å²) < 4.78 is 1.88. The Balaban J connectivity index is 2.05. The lowest BCUT2D eigenvalue weighted by atomic mass is 10.1. The van der Waals surface area contributed by atoms with Crippen LogP contribution in [0.25, 0.3) is 5.69 Å². The van der Waals surface area contributed by atoms with Gasteiger partial charge in [-0.25, -0.2) is 4.68 Å². The molecule has 108 valence electrons. The molecule has 20 heavy (non-hydrogen) atoms. The monoisotopic (exact) mass is 273 g/mol. The van der Waals surface area contributed by atoms with Gasteiger partial charge in [0.05, 0.1) is 17.0 Å². The second kappa shape index (κ2) is 6.20. The molecule has 0 saturated heterocycles. The van der Waals surface area contributed by atoms with Crippen molar-refractivity contribution in [2.24, 2.45) is 0 Å². The van der Waals surface area contributed by atoms with E-state index in [0.717, 1.165) is 24.5 Å². The minimum Gasteiger partial charge on any atom is -0.389 e. The Kier molecular flexibility index (Phi) is 4.57. The number of aliphatic hydroxyl groups is 1. The van der Waals surface area contributed by atoms with E-state index in [1.807, 2.05) is 61.1 Å². The zero-order valence-electron chi connectivity index (χ0n) is 12.5. The van der Waals surface area contributed by atoms with Crippen LogP contribution in [0, 0.1) is 0 Å². The lowest BCUT2D eigenvalue weighted by molar-refractivity contribution is 0.0349. The topological polar surface area (TPSA) is 41.3 Å². The molecule has 1 aromatic carbocycles. The Morgan fingerprint density at radius 1 is 1.20 bits per heavy atom. The van der Waals surface area contributed by atoms with Crippen molar-refractivity contribution in [3.8, 4) is 5.69 Å². The van der Waals surface area contributed by atoms with Gasteiger partial charge in [-0.3, -0.25) is 4.90 Å². The van der Waals surface area contributed by atoms with Gasteiger partial charge < -0.3 is 5.11 Å². The molecule has 0 bridgehead atoms. The number of nitrogens with zero attached hydrogens (tertiary/aromatic N) is 3. The van der Waals surface area contributed by atoms with Crippen LogP contribution >= 0.6 is 0 Å². The molecule has 0 atom stereocenters. The van der Waals surface area contributed by atoms with Crippen LogP contribution in [0.1, 0.15) is 26.5 Å². The molecular formula is C16H23N3O. The minimum absolute atomic E-state index is 0.641. The molecule has 0 saturated carbocycles. The van der Waals surface area contributed by atoms with Crippen molar-refractivity contribution in [3.05, 3.63) is 48.3 Å². The van der Waals surface area contributed by atoms with Crippen molar-refractivity contribution >= 4 is 0 Å². The van der Waals surface area contributed by atoms with E-state index >= 15 is 0 Å². The molecule has 0 unspecified atom stereocenters. The molecule has 0 fully saturated rings. The minimum atomic E-state index is -0.683. The molecule has 4 nitrogen and oxygen atoms in total. The van der Waals surface area contributed by atoms with E-state index in [1.165, 1.54) is 0 Å². The molecule has 1 heterocycles. The second-order valence-corrected chi connectivity index (χ2v) is 5.70. The maximum atomic E-state index is 9.91. The lowest BCUT2D eigenvalue weighted by Crippen LogP contribution is -2.38. The highest BCUT2D eigenvalue weighted by molar-refractivity contribution is 5.30. The Morgan fingerprint density at radius 2 is 1.90 bits per heavy atom. The number of para-hydroxylation sites is 1. The van der Waals surface area contributed by atoms with Crippen molar-refractivity contribution in [1.82, 2.24) is 14.7 Å². The third-order valence-electron chi connectivity index (χ3n) is 3.11. The average Bonchev–Trinajstić information content (AvgIpc) is 2.86. The van der Waals surface area contributed by atoms with E-state index in [4.69, 9.17) is 0 Å². The van der Waals surface area contributed by atoms with E-state index in [2.05, 4.69) is 16.9 Å². The fraction of sp³-hybridized carbons (Fsp3) is 0.438. The van der Waals surface area contributed by atoms with Gasteiger partial charge in [0.15, 0.2) is 0 Å². The summed E-state index contributed by atoms with van der Waals surface area (Å²) in [5.41, 5.74) is 1.39. The van der Waals surface area contributed by atoms with Gasteiger partial charge >= 0.3 is 0 Å². The summed E-state index contributed by atoms with van der Waals surface area (Å²) in [7, 11) is 0. The number of rotatable bonds is 6. The molecule has 2 rings (SSSR count). The second-order valence-electron chi connectivity index (χ2n) is 5.70. The highest BCUT2D eigenvalue weighted by Gasteiger charge is 2.18. The van der Waals surface area contributed by atoms with Crippen LogP contribution in [0.2, 0.25) is 0 Å². The van der Waals surface area contributed by atoms with Crippen molar-refractivity contribution in [1.29, 1.82) is 0 Å². The SMILES string of the molecule is CCN(Cc1ccn(-c2ccccc2)n1)CC(C)(C)O. The maximum absolute atomic E-state index is 9.91. The Hall–Kier alpha value is -1.65. The van der Waals surface area contributed by atoms with Gasteiger partial charge in [0, 0.05) is 19.3 Å². The summed E-state index contributed by atoms with van der Waals surface area (Å²) in [6, 6.07) is 12.1. The molecule has 0 aliphatic rings. The van der Waals surface area contributed by atoms with Crippen LogP contribution in [-0.2, 0) is 6.54 Å². The molecule has 0 aliphatic heterocycles. The predicted molar refractivity (Wildman–Crippen MR) is 80.8 cm³/mol. The summed E-state index contributed by atoms with van der Waals surface area (Å²) in [5, 5.41) is 14.5. The van der Waals surface area contributed by atoms with Crippen LogP contribution in [0.5, 0.6) is 0 Å². The smallest absolute Gasteiger partial charge is 0.0769 e. The zero-order valence-corrected chi connectivity index (χ0v) is 12.5. The molecule has 0 spiro atoms. The maximum Gasteiger partial charge on any atom is 0.0769 e. The van der Waals surface area contributed by atoms with E-state index in [1.54, 1.807) is 0 Å². The van der Waals surface area contributed by atoms with Crippen molar-refractivity contribution in [2.75, 3.05) is 13.1 Å². The van der Waals surface area contributed by atoms with Gasteiger partial charge in [-0.1, -0.05) is 25.1 Å². The molecule has 0 radical (unpaired) electrons. The molecular weight excluding hydrogens is 250 g/mol. The van der Waals surface area contributed by atoms with E-state index in [-0.39, 0.29) is 0 Å². The first-order valence-electron chi connectivity index (χ1n) is 7.02. The fourth-order valence-corrected chi connectivity index (χ4v) is 2.23. The predicted octanol–water partition coefficient (Wildman–Crippen LogP) is 2.47. The number of hydrogen-bond acceptors (Lipinski definition) is 3. The summed E-state index contributed by atoms with van der Waals surface area (Å²) in [6.07, 6.45) is 1.97. The van der Waals surface area contributed by atoms with Crippen molar-refractivity contribution in [2.45, 2.75) is 32.9 Å². The molecule has 1 aromatic heterocycles. The van der Waals surface area contributed by atoms with Crippen molar-refractivity contribution in [3.63, 3.8) is 0 Å². The molecule has 0 aliphatic carbocycles. The highest BCUT2D eigenvalue weighted by Crippen LogP contribution is 2.11. The van der Waals surface area contributed by atoms with Gasteiger partial charge in [0.2, 0.25) is 0 Å². The number of hydrogen-bond donors (Lipinski definition) is 1. The number of likely N-dealkylation sites (N-methyl/N-ethyl adjacent to an activating group) is 1. The molecule has 4 heteroatoms. The fourth-order valence-electron chi connectivity index (χ4n) is 2.23. The average molecular weight is 273 g/mol. The number of benzene rings is 1. The summed E-state index contributed by atoms with van der Waals surface area (Å²) in [6.45, 7) is 8.04. The van der Waals surface area contributed by atoms with Crippen molar-refractivity contribution < 1.29 is 5.11 Å². The van der Waals surface area contributed by atoms with Gasteiger partial charge in [-0.05, 0) is 38.6 Å². The van der Waals surface area contributed by atoms with E-state index < -0.39 is 5.60 Å². The van der Waals surface area contributed by atoms with Crippen LogP contribution in [0.4, 0.5) is 0 Å². The van der Waals surface area contributed by atoms with E-state index in [0.29, 0.717) is 6.54 Å². The lowest BCUT2D eigenvalue weighted by Gasteiger charge is -2.27. The largest absolute Gasteiger partial charge is 0.389 e. The standard InChI is InChI=1S/C16H23N3O/c1-4-18(13-16(2,3)20)12-14-10-11-19(17-14)15-8-6-5-7-9-15/h5-11,20H,4,12-13H2,1-3H3. The van der Waals surface area contributed by atoms with Crippen LogP contribution in [0.15, 0.2) is 42.6 Å². The Bertz CT molecular complexity index is 528. The van der Waals surface area contributed by atoms with E-state index in [9.17, 15) is 5.11 Å². The Morgan fingerprint density at radius 3 is 2.50 bits per heavy atom. The number of aromatic nitrogens is 2.